The number of halogens is 6. The monoisotopic (exact) mass is 357 g/mol. The Morgan fingerprint density at radius 2 is 1.38 bits per heavy atom. The van der Waals surface area contributed by atoms with Gasteiger partial charge in [0.15, 0.2) is 0 Å². The molecule has 1 atom stereocenters. The Kier molecular flexibility index (Phi) is 5.47. The fourth-order valence-corrected chi connectivity index (χ4v) is 1.80. The Labute approximate surface area is 135 Å². The van der Waals surface area contributed by atoms with E-state index in [0.717, 1.165) is 0 Å². The van der Waals surface area contributed by atoms with Crippen LogP contribution in [0.2, 0.25) is 0 Å². The summed E-state index contributed by atoms with van der Waals surface area (Å²) in [4.78, 5) is 11.6. The molecule has 0 heterocycles. The molecule has 0 radical (unpaired) electrons. The van der Waals surface area contributed by atoms with E-state index < -0.39 is 41.2 Å². The van der Waals surface area contributed by atoms with Gasteiger partial charge >= 0.3 is 18.4 Å². The van der Waals surface area contributed by atoms with Crippen molar-refractivity contribution in [3.05, 3.63) is 34.9 Å². The van der Waals surface area contributed by atoms with Gasteiger partial charge < -0.3 is 10.1 Å². The zero-order chi connectivity index (χ0) is 18.9. The zero-order valence-electron chi connectivity index (χ0n) is 13.4. The number of hydrogen-bond donors (Lipinski definition) is 1. The number of alkyl carbamates (subject to hydrolysis) is 1. The van der Waals surface area contributed by atoms with Crippen LogP contribution in [0.25, 0.3) is 0 Å². The molecule has 136 valence electrons. The number of carbonyl (C=O) groups is 1. The topological polar surface area (TPSA) is 38.3 Å². The van der Waals surface area contributed by atoms with Crippen molar-refractivity contribution in [2.24, 2.45) is 0 Å². The van der Waals surface area contributed by atoms with Crippen molar-refractivity contribution >= 4 is 6.09 Å². The first-order chi connectivity index (χ1) is 10.6. The van der Waals surface area contributed by atoms with E-state index in [1.807, 2.05) is 0 Å². The maximum absolute atomic E-state index is 12.8. The molecule has 9 heteroatoms. The van der Waals surface area contributed by atoms with Crippen molar-refractivity contribution in [3.63, 3.8) is 0 Å². The van der Waals surface area contributed by atoms with Gasteiger partial charge in [0.1, 0.15) is 5.60 Å². The Morgan fingerprint density at radius 1 is 0.958 bits per heavy atom. The normalized spacial score (nSPS) is 14.2. The molecule has 0 aliphatic carbocycles. The average Bonchev–Trinajstić information content (AvgIpc) is 2.33. The molecule has 3 nitrogen and oxygen atoms in total. The molecule has 1 rings (SSSR count). The van der Waals surface area contributed by atoms with E-state index in [0.29, 0.717) is 12.1 Å². The van der Waals surface area contributed by atoms with Gasteiger partial charge in [0.2, 0.25) is 0 Å². The maximum atomic E-state index is 12.8. The molecular weight excluding hydrogens is 340 g/mol. The highest BCUT2D eigenvalue weighted by Crippen LogP contribution is 2.37. The largest absolute Gasteiger partial charge is 0.444 e. The first-order valence-corrected chi connectivity index (χ1v) is 6.88. The van der Waals surface area contributed by atoms with Crippen molar-refractivity contribution in [1.82, 2.24) is 5.32 Å². The predicted molar refractivity (Wildman–Crippen MR) is 74.2 cm³/mol. The predicted octanol–water partition coefficient (Wildman–Crippen LogP) is 5.31. The van der Waals surface area contributed by atoms with E-state index in [2.05, 4.69) is 5.32 Å². The lowest BCUT2D eigenvalue weighted by Crippen LogP contribution is -2.34. The third-order valence-corrected chi connectivity index (χ3v) is 2.84. The number of hydrogen-bond acceptors (Lipinski definition) is 2. The summed E-state index contributed by atoms with van der Waals surface area (Å²) in [6.07, 6.45) is -10.8. The molecule has 0 saturated carbocycles. The van der Waals surface area contributed by atoms with Crippen LogP contribution in [0, 0.1) is 0 Å². The summed E-state index contributed by atoms with van der Waals surface area (Å²) in [5.74, 6) is 0. The highest BCUT2D eigenvalue weighted by Gasteiger charge is 2.37. The van der Waals surface area contributed by atoms with Gasteiger partial charge in [0.25, 0.3) is 0 Å². The first-order valence-electron chi connectivity index (χ1n) is 6.88. The smallest absolute Gasteiger partial charge is 0.416 e. The molecule has 1 aromatic carbocycles. The SMILES string of the molecule is CC(NC(=O)OC(C)(C)C)c1cc(C(F)(F)F)cc(C(F)(F)F)c1. The minimum atomic E-state index is -4.94. The molecule has 0 saturated heterocycles. The van der Waals surface area contributed by atoms with E-state index in [1.54, 1.807) is 20.8 Å². The second kappa shape index (κ2) is 6.52. The van der Waals surface area contributed by atoms with E-state index in [9.17, 15) is 31.1 Å². The number of ether oxygens (including phenoxy) is 1. The van der Waals surface area contributed by atoms with Crippen LogP contribution in [0.4, 0.5) is 31.1 Å². The van der Waals surface area contributed by atoms with Crippen LogP contribution in [0.15, 0.2) is 18.2 Å². The lowest BCUT2D eigenvalue weighted by Gasteiger charge is -2.23. The Hall–Kier alpha value is -1.93. The fraction of sp³-hybridized carbons (Fsp3) is 0.533. The summed E-state index contributed by atoms with van der Waals surface area (Å²) in [5, 5.41) is 2.21. The summed E-state index contributed by atoms with van der Waals surface area (Å²) < 4.78 is 81.8. The zero-order valence-corrected chi connectivity index (χ0v) is 13.4. The number of alkyl halides is 6. The van der Waals surface area contributed by atoms with Gasteiger partial charge in [-0.15, -0.1) is 0 Å². The van der Waals surface area contributed by atoms with Crippen molar-refractivity contribution in [2.75, 3.05) is 0 Å². The fourth-order valence-electron chi connectivity index (χ4n) is 1.80. The third-order valence-electron chi connectivity index (χ3n) is 2.84. The molecule has 0 aliphatic rings. The van der Waals surface area contributed by atoms with Crippen LogP contribution in [0.3, 0.4) is 0 Å². The maximum Gasteiger partial charge on any atom is 0.416 e. The summed E-state index contributed by atoms with van der Waals surface area (Å²) in [6, 6.07) is 0.0568. The summed E-state index contributed by atoms with van der Waals surface area (Å²) in [7, 11) is 0. The Balaban J connectivity index is 3.16. The van der Waals surface area contributed by atoms with Gasteiger partial charge in [0.05, 0.1) is 17.2 Å². The summed E-state index contributed by atoms with van der Waals surface area (Å²) in [5.41, 5.74) is -4.06. The molecule has 1 aromatic rings. The third kappa shape index (κ3) is 5.93. The minimum Gasteiger partial charge on any atom is -0.444 e. The van der Waals surface area contributed by atoms with Crippen LogP contribution in [0.5, 0.6) is 0 Å². The number of benzene rings is 1. The molecule has 0 fully saturated rings. The molecule has 1 unspecified atom stereocenters. The molecule has 0 aliphatic heterocycles. The van der Waals surface area contributed by atoms with E-state index in [1.165, 1.54) is 6.92 Å². The lowest BCUT2D eigenvalue weighted by atomic mass is 10.0. The van der Waals surface area contributed by atoms with Gasteiger partial charge in [-0.05, 0) is 51.5 Å². The number of carbonyl (C=O) groups excluding carboxylic acids is 1. The molecule has 1 N–H and O–H groups in total. The second-order valence-electron chi connectivity index (χ2n) is 6.21. The quantitative estimate of drug-likeness (QED) is 0.729. The molecule has 0 bridgehead atoms. The van der Waals surface area contributed by atoms with Crippen LogP contribution < -0.4 is 5.32 Å². The standard InChI is InChI=1S/C15H17F6NO2/c1-8(22-12(23)24-13(2,3)4)9-5-10(14(16,17)18)7-11(6-9)15(19,20)21/h5-8H,1-4H3,(H,22,23). The van der Waals surface area contributed by atoms with Crippen LogP contribution in [-0.2, 0) is 17.1 Å². The molecule has 0 spiro atoms. The second-order valence-corrected chi connectivity index (χ2v) is 6.21. The number of nitrogens with one attached hydrogen (secondary N) is 1. The highest BCUT2D eigenvalue weighted by molar-refractivity contribution is 5.68. The van der Waals surface area contributed by atoms with Crippen molar-refractivity contribution < 1.29 is 35.9 Å². The van der Waals surface area contributed by atoms with Gasteiger partial charge in [0, 0.05) is 0 Å². The molecule has 24 heavy (non-hydrogen) atoms. The Morgan fingerprint density at radius 3 is 1.71 bits per heavy atom. The number of rotatable bonds is 2. The summed E-state index contributed by atoms with van der Waals surface area (Å²) >= 11 is 0. The van der Waals surface area contributed by atoms with E-state index >= 15 is 0 Å². The van der Waals surface area contributed by atoms with E-state index in [4.69, 9.17) is 4.74 Å². The summed E-state index contributed by atoms with van der Waals surface area (Å²) in [6.45, 7) is 5.98. The highest BCUT2D eigenvalue weighted by atomic mass is 19.4. The van der Waals surface area contributed by atoms with Gasteiger partial charge in [-0.25, -0.2) is 4.79 Å². The van der Waals surface area contributed by atoms with Crippen LogP contribution in [-0.4, -0.2) is 11.7 Å². The molecule has 0 aromatic heterocycles. The molecule has 1 amide bonds. The lowest BCUT2D eigenvalue weighted by molar-refractivity contribution is -0.143. The first kappa shape index (κ1) is 20.1. The van der Waals surface area contributed by atoms with Crippen molar-refractivity contribution in [3.8, 4) is 0 Å². The average molecular weight is 357 g/mol. The molecular formula is C15H17F6NO2. The van der Waals surface area contributed by atoms with Gasteiger partial charge in [-0.1, -0.05) is 0 Å². The minimum absolute atomic E-state index is 0.0314. The van der Waals surface area contributed by atoms with Crippen molar-refractivity contribution in [2.45, 2.75) is 51.7 Å². The van der Waals surface area contributed by atoms with E-state index in [-0.39, 0.29) is 11.6 Å². The van der Waals surface area contributed by atoms with Crippen molar-refractivity contribution in [1.29, 1.82) is 0 Å². The van der Waals surface area contributed by atoms with Crippen LogP contribution >= 0.6 is 0 Å². The number of amides is 1. The van der Waals surface area contributed by atoms with Gasteiger partial charge in [-0.2, -0.15) is 26.3 Å². The van der Waals surface area contributed by atoms with Crippen LogP contribution in [0.1, 0.15) is 50.4 Å². The Bertz CT molecular complexity index is 569. The van der Waals surface area contributed by atoms with Gasteiger partial charge in [-0.3, -0.25) is 0 Å².